The number of hydrogen-bond donors (Lipinski definition) is 3. The Morgan fingerprint density at radius 1 is 1.17 bits per heavy atom. The Kier molecular flexibility index (Phi) is 8.03. The van der Waals surface area contributed by atoms with Gasteiger partial charge in [-0.3, -0.25) is 15.1 Å². The van der Waals surface area contributed by atoms with Gasteiger partial charge in [-0.15, -0.1) is 6.58 Å². The van der Waals surface area contributed by atoms with Crippen LogP contribution in [0.25, 0.3) is 0 Å². The fourth-order valence-corrected chi connectivity index (χ4v) is 3.67. The zero-order valence-electron chi connectivity index (χ0n) is 17.0. The third-order valence-electron chi connectivity index (χ3n) is 4.03. The molecule has 1 heterocycles. The molecule has 29 heavy (non-hydrogen) atoms. The van der Waals surface area contributed by atoms with Gasteiger partial charge in [-0.2, -0.15) is 0 Å². The van der Waals surface area contributed by atoms with E-state index in [4.69, 9.17) is 0 Å². The van der Waals surface area contributed by atoms with Crippen molar-refractivity contribution in [1.82, 2.24) is 10.6 Å². The smallest absolute Gasteiger partial charge is 0.321 e. The lowest BCUT2D eigenvalue weighted by Gasteiger charge is -2.13. The third kappa shape index (κ3) is 6.50. The minimum absolute atomic E-state index is 0.224. The number of benzene rings is 1. The number of thioether (sulfide) groups is 1. The van der Waals surface area contributed by atoms with Gasteiger partial charge < -0.3 is 10.6 Å². The summed E-state index contributed by atoms with van der Waals surface area (Å²) in [5, 5.41) is 8.78. The first-order valence-corrected chi connectivity index (χ1v) is 9.96. The molecule has 1 aromatic rings. The van der Waals surface area contributed by atoms with Gasteiger partial charge in [-0.05, 0) is 38.0 Å². The van der Waals surface area contributed by atoms with Gasteiger partial charge in [0, 0.05) is 22.7 Å². The summed E-state index contributed by atoms with van der Waals surface area (Å²) in [5.41, 5.74) is 4.45. The summed E-state index contributed by atoms with van der Waals surface area (Å²) < 4.78 is 0. The van der Waals surface area contributed by atoms with Crippen molar-refractivity contribution in [3.8, 4) is 0 Å². The average Bonchev–Trinajstić information content (AvgIpc) is 3.09. The first kappa shape index (κ1) is 22.2. The third-order valence-corrected chi connectivity index (χ3v) is 4.96. The van der Waals surface area contributed by atoms with E-state index in [0.29, 0.717) is 23.8 Å². The molecule has 0 atom stereocenters. The fraction of sp³-hybridized carbons (Fsp3) is 0.227. The lowest BCUT2D eigenvalue weighted by atomic mass is 10.0. The summed E-state index contributed by atoms with van der Waals surface area (Å²) in [4.78, 5) is 29.7. The summed E-state index contributed by atoms with van der Waals surface area (Å²) in [6, 6.07) is 3.73. The van der Waals surface area contributed by atoms with Crippen molar-refractivity contribution in [1.29, 1.82) is 0 Å². The van der Waals surface area contributed by atoms with Crippen LogP contribution < -0.4 is 16.0 Å². The lowest BCUT2D eigenvalue weighted by molar-refractivity contribution is -0.112. The Bertz CT molecular complexity index is 906. The number of urea groups is 1. The van der Waals surface area contributed by atoms with Crippen molar-refractivity contribution in [2.75, 3.05) is 18.4 Å². The maximum Gasteiger partial charge on any atom is 0.321 e. The molecular weight excluding hydrogens is 384 g/mol. The number of amides is 3. The molecule has 0 aliphatic carbocycles. The van der Waals surface area contributed by atoms with Gasteiger partial charge in [0.2, 0.25) is 0 Å². The van der Waals surface area contributed by atoms with Crippen molar-refractivity contribution in [3.05, 3.63) is 76.8 Å². The molecule has 0 bridgehead atoms. The molecule has 0 saturated carbocycles. The summed E-state index contributed by atoms with van der Waals surface area (Å²) in [6.07, 6.45) is 6.59. The summed E-state index contributed by atoms with van der Waals surface area (Å²) in [7, 11) is 0. The molecule has 1 aliphatic rings. The first-order chi connectivity index (χ1) is 13.8. The largest absolute Gasteiger partial charge is 0.334 e. The summed E-state index contributed by atoms with van der Waals surface area (Å²) >= 11 is 1.32. The van der Waals surface area contributed by atoms with E-state index in [-0.39, 0.29) is 11.9 Å². The Morgan fingerprint density at radius 3 is 2.48 bits per heavy atom. The lowest BCUT2D eigenvalue weighted by Crippen LogP contribution is -2.37. The molecule has 0 unspecified atom stereocenters. The second-order valence-electron chi connectivity index (χ2n) is 6.54. The summed E-state index contributed by atoms with van der Waals surface area (Å²) in [5.74, 6) is -0.224. The molecule has 152 valence electrons. The van der Waals surface area contributed by atoms with E-state index in [1.165, 1.54) is 11.8 Å². The molecule has 3 amide bonds. The molecule has 6 nitrogen and oxygen atoms in total. The molecule has 0 aromatic heterocycles. The van der Waals surface area contributed by atoms with Crippen LogP contribution in [0.15, 0.2) is 65.1 Å². The van der Waals surface area contributed by atoms with E-state index in [1.54, 1.807) is 24.3 Å². The number of nitrogens with zero attached hydrogens (tertiary/aromatic N) is 1. The van der Waals surface area contributed by atoms with Crippen LogP contribution in [-0.4, -0.2) is 30.2 Å². The molecule has 0 radical (unpaired) electrons. The highest BCUT2D eigenvalue weighted by Gasteiger charge is 2.18. The number of carbonyl (C=O) groups excluding carboxylic acids is 2. The van der Waals surface area contributed by atoms with E-state index in [9.17, 15) is 9.59 Å². The van der Waals surface area contributed by atoms with Gasteiger partial charge in [-0.1, -0.05) is 54.3 Å². The molecule has 3 N–H and O–H groups in total. The molecule has 0 spiro atoms. The van der Waals surface area contributed by atoms with Crippen LogP contribution in [0.2, 0.25) is 0 Å². The normalized spacial score (nSPS) is 14.9. The number of anilines is 1. The predicted octanol–water partition coefficient (Wildman–Crippen LogP) is 4.13. The second kappa shape index (κ2) is 10.5. The molecular formula is C22H26N4O2S. The van der Waals surface area contributed by atoms with Gasteiger partial charge in [-0.25, -0.2) is 4.79 Å². The Balaban J connectivity index is 2.08. The van der Waals surface area contributed by atoms with Crippen molar-refractivity contribution >= 4 is 34.6 Å². The van der Waals surface area contributed by atoms with Gasteiger partial charge in [0.05, 0.1) is 6.54 Å². The van der Waals surface area contributed by atoms with E-state index >= 15 is 0 Å². The number of allylic oxidation sites excluding steroid dienone is 2. The monoisotopic (exact) mass is 410 g/mol. The van der Waals surface area contributed by atoms with Crippen molar-refractivity contribution < 1.29 is 9.59 Å². The van der Waals surface area contributed by atoms with Gasteiger partial charge in [0.1, 0.15) is 0 Å². The van der Waals surface area contributed by atoms with Crippen molar-refractivity contribution in [3.63, 3.8) is 0 Å². The SMILES string of the molecule is C=C/C=C(\C=C1/CN=C(NC(=O)NCC=C)S1)C(=O)Nc1c(C)cc(C)cc1C. The zero-order valence-corrected chi connectivity index (χ0v) is 17.8. The van der Waals surface area contributed by atoms with Crippen molar-refractivity contribution in [2.45, 2.75) is 20.8 Å². The van der Waals surface area contributed by atoms with Crippen LogP contribution in [0.5, 0.6) is 0 Å². The van der Waals surface area contributed by atoms with E-state index < -0.39 is 0 Å². The number of rotatable bonds is 6. The minimum atomic E-state index is -0.345. The Morgan fingerprint density at radius 2 is 1.86 bits per heavy atom. The van der Waals surface area contributed by atoms with Crippen LogP contribution in [-0.2, 0) is 4.79 Å². The van der Waals surface area contributed by atoms with Crippen LogP contribution >= 0.6 is 11.8 Å². The molecule has 2 rings (SSSR count). The fourth-order valence-electron chi connectivity index (χ4n) is 2.84. The number of nitrogens with one attached hydrogen (secondary N) is 3. The van der Waals surface area contributed by atoms with Crippen LogP contribution in [0, 0.1) is 20.8 Å². The number of aryl methyl sites for hydroxylation is 3. The van der Waals surface area contributed by atoms with Gasteiger partial charge in [0.25, 0.3) is 5.91 Å². The van der Waals surface area contributed by atoms with Gasteiger partial charge >= 0.3 is 6.03 Å². The standard InChI is InChI=1S/C22H26N4O2S/c1-6-8-17(20(27)25-19-15(4)10-14(3)11-16(19)5)12-18-13-24-22(29-18)26-21(28)23-9-7-2/h6-8,10-12H,1-2,9,13H2,3-5H3,(H,25,27)(H2,23,24,26,28)/b17-8+,18-12+. The quantitative estimate of drug-likeness (QED) is 0.375. The number of hydrogen-bond acceptors (Lipinski definition) is 4. The Hall–Kier alpha value is -3.06. The van der Waals surface area contributed by atoms with Crippen molar-refractivity contribution in [2.24, 2.45) is 4.99 Å². The topological polar surface area (TPSA) is 82.6 Å². The maximum atomic E-state index is 12.8. The highest BCUT2D eigenvalue weighted by molar-refractivity contribution is 8.17. The molecule has 1 aliphatic heterocycles. The molecule has 1 aromatic carbocycles. The van der Waals surface area contributed by atoms with E-state index in [2.05, 4.69) is 34.1 Å². The predicted molar refractivity (Wildman–Crippen MR) is 122 cm³/mol. The maximum absolute atomic E-state index is 12.8. The minimum Gasteiger partial charge on any atom is -0.334 e. The molecule has 0 fully saturated rings. The van der Waals surface area contributed by atoms with Crippen LogP contribution in [0.4, 0.5) is 10.5 Å². The Labute approximate surface area is 175 Å². The van der Waals surface area contributed by atoms with Crippen LogP contribution in [0.1, 0.15) is 16.7 Å². The van der Waals surface area contributed by atoms with Gasteiger partial charge in [0.15, 0.2) is 5.17 Å². The van der Waals surface area contributed by atoms with E-state index in [0.717, 1.165) is 27.3 Å². The number of carbonyl (C=O) groups is 2. The van der Waals surface area contributed by atoms with E-state index in [1.807, 2.05) is 32.9 Å². The number of aliphatic imine (C=N–C) groups is 1. The first-order valence-electron chi connectivity index (χ1n) is 9.14. The molecule has 7 heteroatoms. The van der Waals surface area contributed by atoms with Crippen LogP contribution in [0.3, 0.4) is 0 Å². The average molecular weight is 411 g/mol. The second-order valence-corrected chi connectivity index (χ2v) is 7.66. The number of amidine groups is 1. The summed E-state index contributed by atoms with van der Waals surface area (Å²) in [6.45, 7) is 14.0. The zero-order chi connectivity index (χ0) is 21.4. The highest BCUT2D eigenvalue weighted by Crippen LogP contribution is 2.26. The highest BCUT2D eigenvalue weighted by atomic mass is 32.2. The molecule has 0 saturated heterocycles.